The summed E-state index contributed by atoms with van der Waals surface area (Å²) >= 11 is 5.81. The summed E-state index contributed by atoms with van der Waals surface area (Å²) in [5.41, 5.74) is 0. The van der Waals surface area contributed by atoms with E-state index in [0.717, 1.165) is 5.06 Å². The van der Waals surface area contributed by atoms with Gasteiger partial charge in [0.15, 0.2) is 6.10 Å². The summed E-state index contributed by atoms with van der Waals surface area (Å²) < 4.78 is 5.54. The Morgan fingerprint density at radius 3 is 2.40 bits per heavy atom. The summed E-state index contributed by atoms with van der Waals surface area (Å²) in [4.78, 5) is 42.8. The normalized spacial score (nSPS) is 17.9. The number of amides is 3. The number of carbonyl (C=O) groups is 3. The van der Waals surface area contributed by atoms with E-state index in [9.17, 15) is 14.4 Å². The molecule has 1 saturated heterocycles. The number of carbonyl (C=O) groups excluding carboxylic acids is 3. The summed E-state index contributed by atoms with van der Waals surface area (Å²) in [6, 6.07) is 6.55. The van der Waals surface area contributed by atoms with Crippen molar-refractivity contribution >= 4 is 29.3 Å². The lowest BCUT2D eigenvalue weighted by Gasteiger charge is -2.25. The zero-order valence-corrected chi connectivity index (χ0v) is 15.2. The van der Waals surface area contributed by atoms with Crippen LogP contribution in [0.2, 0.25) is 5.02 Å². The predicted octanol–water partition coefficient (Wildman–Crippen LogP) is 2.03. The van der Waals surface area contributed by atoms with E-state index in [0.29, 0.717) is 30.3 Å². The molecule has 2 rings (SSSR count). The number of hydrogen-bond acceptors (Lipinski definition) is 5. The Morgan fingerprint density at radius 1 is 1.24 bits per heavy atom. The minimum Gasteiger partial charge on any atom is -0.481 e. The molecule has 0 N–H and O–H groups in total. The highest BCUT2D eigenvalue weighted by molar-refractivity contribution is 6.30. The number of likely N-dealkylation sites (tertiary alicyclic amines) is 1. The Bertz CT molecular complexity index is 649. The fraction of sp³-hybridized carbons (Fsp3) is 0.471. The highest BCUT2D eigenvalue weighted by atomic mass is 35.5. The molecule has 1 heterocycles. The zero-order chi connectivity index (χ0) is 18.6. The smallest absolute Gasteiger partial charge is 0.294 e. The maximum atomic E-state index is 12.5. The molecular weight excluding hydrogens is 348 g/mol. The van der Waals surface area contributed by atoms with Gasteiger partial charge in [-0.15, -0.1) is 0 Å². The molecule has 2 unspecified atom stereocenters. The highest BCUT2D eigenvalue weighted by Crippen LogP contribution is 2.19. The van der Waals surface area contributed by atoms with E-state index in [1.165, 1.54) is 20.8 Å². The van der Waals surface area contributed by atoms with Gasteiger partial charge in [0, 0.05) is 32.0 Å². The third kappa shape index (κ3) is 5.17. The third-order valence-corrected chi connectivity index (χ3v) is 4.06. The van der Waals surface area contributed by atoms with Gasteiger partial charge in [-0.2, -0.15) is 5.06 Å². The van der Waals surface area contributed by atoms with Gasteiger partial charge in [0.05, 0.1) is 0 Å². The molecule has 8 heteroatoms. The summed E-state index contributed by atoms with van der Waals surface area (Å²) in [7, 11) is 0. The minimum atomic E-state index is -0.921. The maximum absolute atomic E-state index is 12.5. The van der Waals surface area contributed by atoms with Gasteiger partial charge in [-0.1, -0.05) is 11.6 Å². The Hall–Kier alpha value is -2.12. The molecule has 0 aromatic heterocycles. The molecule has 0 spiro atoms. The van der Waals surface area contributed by atoms with E-state index in [1.807, 2.05) is 0 Å². The second-order valence-electron chi connectivity index (χ2n) is 5.85. The van der Waals surface area contributed by atoms with Crippen LogP contribution in [0.3, 0.4) is 0 Å². The van der Waals surface area contributed by atoms with Crippen molar-refractivity contribution in [2.45, 2.75) is 39.4 Å². The largest absolute Gasteiger partial charge is 0.481 e. The average Bonchev–Trinajstić information content (AvgIpc) is 3.03. The van der Waals surface area contributed by atoms with E-state index >= 15 is 0 Å². The summed E-state index contributed by atoms with van der Waals surface area (Å²) in [6.45, 7) is 5.13. The Kier molecular flexibility index (Phi) is 6.39. The zero-order valence-electron chi connectivity index (χ0n) is 14.4. The van der Waals surface area contributed by atoms with Crippen LogP contribution in [0.15, 0.2) is 24.3 Å². The summed E-state index contributed by atoms with van der Waals surface area (Å²) in [6.07, 6.45) is -0.766. The van der Waals surface area contributed by atoms with Crippen LogP contribution in [-0.4, -0.2) is 53.0 Å². The van der Waals surface area contributed by atoms with Crippen LogP contribution >= 0.6 is 11.6 Å². The topological polar surface area (TPSA) is 76.2 Å². The molecule has 136 valence electrons. The molecule has 0 aliphatic carbocycles. The Morgan fingerprint density at radius 2 is 1.88 bits per heavy atom. The van der Waals surface area contributed by atoms with E-state index < -0.39 is 24.0 Å². The van der Waals surface area contributed by atoms with Crippen molar-refractivity contribution < 1.29 is 24.0 Å². The van der Waals surface area contributed by atoms with Gasteiger partial charge in [0.25, 0.3) is 5.91 Å². The summed E-state index contributed by atoms with van der Waals surface area (Å²) in [5, 5.41) is 1.27. The number of halogens is 1. The fourth-order valence-corrected chi connectivity index (χ4v) is 2.59. The second kappa shape index (κ2) is 8.31. The monoisotopic (exact) mass is 368 g/mol. The lowest BCUT2D eigenvalue weighted by molar-refractivity contribution is -0.210. The number of nitrogens with zero attached hydrogens (tertiary/aromatic N) is 2. The predicted molar refractivity (Wildman–Crippen MR) is 90.8 cm³/mol. The number of rotatable bonds is 5. The van der Waals surface area contributed by atoms with Gasteiger partial charge in [-0.25, -0.2) is 0 Å². The molecule has 1 fully saturated rings. The van der Waals surface area contributed by atoms with E-state index in [4.69, 9.17) is 21.2 Å². The molecule has 1 aliphatic rings. The molecule has 0 saturated carbocycles. The van der Waals surface area contributed by atoms with Gasteiger partial charge in [-0.05, 0) is 37.6 Å². The molecule has 0 radical (unpaired) electrons. The maximum Gasteiger partial charge on any atom is 0.294 e. The molecule has 2 atom stereocenters. The highest BCUT2D eigenvalue weighted by Gasteiger charge is 2.33. The molecule has 3 amide bonds. The van der Waals surface area contributed by atoms with E-state index in [-0.39, 0.29) is 5.91 Å². The first-order valence-electron chi connectivity index (χ1n) is 7.97. The summed E-state index contributed by atoms with van der Waals surface area (Å²) in [5.74, 6) is -0.759. The SMILES string of the molecule is CC(=O)N1CCC(ON(C(C)=O)C(=O)C(C)Oc2ccc(Cl)cc2)C1. The lowest BCUT2D eigenvalue weighted by Crippen LogP contribution is -2.45. The number of imide groups is 1. The van der Waals surface area contributed by atoms with Gasteiger partial charge in [-0.3, -0.25) is 19.2 Å². The quantitative estimate of drug-likeness (QED) is 0.743. The van der Waals surface area contributed by atoms with Crippen molar-refractivity contribution in [2.75, 3.05) is 13.1 Å². The number of benzene rings is 1. The molecule has 1 aromatic carbocycles. The minimum absolute atomic E-state index is 0.0637. The van der Waals surface area contributed by atoms with Crippen LogP contribution < -0.4 is 4.74 Å². The van der Waals surface area contributed by atoms with Gasteiger partial charge < -0.3 is 9.64 Å². The van der Waals surface area contributed by atoms with Gasteiger partial charge in [0.2, 0.25) is 11.8 Å². The molecule has 1 aromatic rings. The van der Waals surface area contributed by atoms with Crippen LogP contribution in [0.5, 0.6) is 5.75 Å². The van der Waals surface area contributed by atoms with E-state index in [1.54, 1.807) is 29.2 Å². The van der Waals surface area contributed by atoms with Crippen molar-refractivity contribution in [2.24, 2.45) is 0 Å². The van der Waals surface area contributed by atoms with Crippen molar-refractivity contribution in [3.8, 4) is 5.75 Å². The van der Waals surface area contributed by atoms with Crippen LogP contribution in [0.1, 0.15) is 27.2 Å². The van der Waals surface area contributed by atoms with Crippen LogP contribution in [-0.2, 0) is 19.2 Å². The first-order valence-corrected chi connectivity index (χ1v) is 8.34. The van der Waals surface area contributed by atoms with Crippen molar-refractivity contribution in [3.05, 3.63) is 29.3 Å². The Balaban J connectivity index is 1.98. The van der Waals surface area contributed by atoms with Crippen molar-refractivity contribution in [3.63, 3.8) is 0 Å². The van der Waals surface area contributed by atoms with Crippen molar-refractivity contribution in [1.82, 2.24) is 9.96 Å². The standard InChI is InChI=1S/C17H21ClN2O5/c1-11(24-15-6-4-14(18)5-7-15)17(23)20(13(3)22)25-16-8-9-19(10-16)12(2)21/h4-7,11,16H,8-10H2,1-3H3. The van der Waals surface area contributed by atoms with Crippen molar-refractivity contribution in [1.29, 1.82) is 0 Å². The van der Waals surface area contributed by atoms with Gasteiger partial charge in [0.1, 0.15) is 11.9 Å². The fourth-order valence-electron chi connectivity index (χ4n) is 2.46. The van der Waals surface area contributed by atoms with Crippen LogP contribution in [0, 0.1) is 0 Å². The lowest BCUT2D eigenvalue weighted by atomic mass is 10.3. The average molecular weight is 369 g/mol. The first kappa shape index (κ1) is 19.2. The number of ether oxygens (including phenoxy) is 1. The molecule has 1 aliphatic heterocycles. The first-order chi connectivity index (χ1) is 11.8. The van der Waals surface area contributed by atoms with Crippen LogP contribution in [0.4, 0.5) is 0 Å². The third-order valence-electron chi connectivity index (χ3n) is 3.81. The molecule has 7 nitrogen and oxygen atoms in total. The number of hydroxylamine groups is 2. The van der Waals surface area contributed by atoms with E-state index in [2.05, 4.69) is 0 Å². The van der Waals surface area contributed by atoms with Crippen LogP contribution in [0.25, 0.3) is 0 Å². The molecule has 25 heavy (non-hydrogen) atoms. The second-order valence-corrected chi connectivity index (χ2v) is 6.28. The number of hydrogen-bond donors (Lipinski definition) is 0. The van der Waals surface area contributed by atoms with Gasteiger partial charge >= 0.3 is 0 Å². The molecular formula is C17H21ClN2O5. The molecule has 0 bridgehead atoms. The Labute approximate surface area is 151 Å².